The Morgan fingerprint density at radius 2 is 1.73 bits per heavy atom. The van der Waals surface area contributed by atoms with Gasteiger partial charge in [0.15, 0.2) is 0 Å². The lowest BCUT2D eigenvalue weighted by Crippen LogP contribution is -2.10. The number of Topliss-reactive ketones (excluding diaryl/α,β-unsaturated/α-hetero) is 1. The maximum atomic E-state index is 12.0. The van der Waals surface area contributed by atoms with Crippen molar-refractivity contribution in [3.8, 4) is 5.75 Å². The zero-order chi connectivity index (χ0) is 11.4. The van der Waals surface area contributed by atoms with Gasteiger partial charge in [-0.2, -0.15) is 0 Å². The molecule has 0 aliphatic heterocycles. The van der Waals surface area contributed by atoms with Gasteiger partial charge in [-0.05, 0) is 38.1 Å². The molecule has 0 heterocycles. The number of halogens is 2. The predicted molar refractivity (Wildman–Crippen MR) is 52.5 cm³/mol. The average molecular weight is 214 g/mol. The third kappa shape index (κ3) is 3.31. The van der Waals surface area contributed by atoms with E-state index in [0.717, 1.165) is 0 Å². The molecule has 0 atom stereocenters. The first-order valence-electron chi connectivity index (χ1n) is 4.60. The van der Waals surface area contributed by atoms with Crippen molar-refractivity contribution in [3.05, 3.63) is 29.8 Å². The summed E-state index contributed by atoms with van der Waals surface area (Å²) in [5, 5.41) is 0. The van der Waals surface area contributed by atoms with Gasteiger partial charge in [-0.1, -0.05) is 0 Å². The summed E-state index contributed by atoms with van der Waals surface area (Å²) in [6.07, 6.45) is -2.94. The van der Waals surface area contributed by atoms with Crippen molar-refractivity contribution in [1.29, 1.82) is 0 Å². The maximum Gasteiger partial charge on any atom is 0.300 e. The molecule has 0 aliphatic carbocycles. The van der Waals surface area contributed by atoms with Crippen molar-refractivity contribution in [3.63, 3.8) is 0 Å². The van der Waals surface area contributed by atoms with Crippen LogP contribution in [0.4, 0.5) is 8.78 Å². The van der Waals surface area contributed by atoms with E-state index < -0.39 is 12.2 Å². The number of carbonyl (C=O) groups is 1. The van der Waals surface area contributed by atoms with Crippen LogP contribution in [0.3, 0.4) is 0 Å². The van der Waals surface area contributed by atoms with Crippen molar-refractivity contribution in [2.75, 3.05) is 0 Å². The van der Waals surface area contributed by atoms with Crippen LogP contribution in [-0.2, 0) is 0 Å². The summed E-state index contributed by atoms with van der Waals surface area (Å²) >= 11 is 0. The summed E-state index contributed by atoms with van der Waals surface area (Å²) in [4.78, 5) is 10.9. The second-order valence-corrected chi connectivity index (χ2v) is 3.36. The van der Waals surface area contributed by atoms with Crippen molar-refractivity contribution in [2.45, 2.75) is 26.4 Å². The van der Waals surface area contributed by atoms with Crippen LogP contribution in [0.2, 0.25) is 0 Å². The fourth-order valence-electron chi connectivity index (χ4n) is 1.10. The lowest BCUT2D eigenvalue weighted by molar-refractivity contribution is 0.0678. The van der Waals surface area contributed by atoms with E-state index >= 15 is 0 Å². The van der Waals surface area contributed by atoms with E-state index in [1.165, 1.54) is 24.3 Å². The molecule has 0 aliphatic rings. The van der Waals surface area contributed by atoms with Gasteiger partial charge < -0.3 is 4.74 Å². The second-order valence-electron chi connectivity index (χ2n) is 3.36. The zero-order valence-electron chi connectivity index (χ0n) is 8.54. The Kier molecular flexibility index (Phi) is 3.77. The van der Waals surface area contributed by atoms with Crippen LogP contribution in [0.25, 0.3) is 0 Å². The minimum Gasteiger partial charge on any atom is -0.491 e. The first-order valence-corrected chi connectivity index (χ1v) is 4.60. The minimum atomic E-state index is -2.96. The molecule has 0 aromatic heterocycles. The number of ether oxygens (including phenoxy) is 1. The molecule has 0 fully saturated rings. The molecular formula is C11H12F2O2. The van der Waals surface area contributed by atoms with Crippen molar-refractivity contribution >= 4 is 5.78 Å². The van der Waals surface area contributed by atoms with E-state index in [-0.39, 0.29) is 11.7 Å². The van der Waals surface area contributed by atoms with Gasteiger partial charge in [0.25, 0.3) is 0 Å². The normalized spacial score (nSPS) is 10.8. The van der Waals surface area contributed by atoms with Crippen LogP contribution in [0, 0.1) is 0 Å². The number of rotatable bonds is 4. The summed E-state index contributed by atoms with van der Waals surface area (Å²) in [5.74, 6) is -0.595. The highest BCUT2D eigenvalue weighted by Crippen LogP contribution is 2.15. The highest BCUT2D eigenvalue weighted by molar-refractivity contribution is 5.98. The molecule has 2 nitrogen and oxygen atoms in total. The molecule has 0 N–H and O–H groups in total. The minimum absolute atomic E-state index is 0.00102. The maximum absolute atomic E-state index is 12.0. The molecular weight excluding hydrogens is 202 g/mol. The third-order valence-electron chi connectivity index (χ3n) is 1.71. The van der Waals surface area contributed by atoms with Crippen molar-refractivity contribution < 1.29 is 18.3 Å². The number of hydrogen-bond donors (Lipinski definition) is 0. The van der Waals surface area contributed by atoms with Gasteiger partial charge in [-0.3, -0.25) is 4.79 Å². The largest absolute Gasteiger partial charge is 0.491 e. The molecule has 4 heteroatoms. The van der Waals surface area contributed by atoms with Gasteiger partial charge in [0.2, 0.25) is 5.78 Å². The van der Waals surface area contributed by atoms with Gasteiger partial charge in [-0.15, -0.1) is 0 Å². The summed E-state index contributed by atoms with van der Waals surface area (Å²) in [6.45, 7) is 3.72. The van der Waals surface area contributed by atoms with Gasteiger partial charge in [0.05, 0.1) is 6.10 Å². The number of carbonyl (C=O) groups excluding carboxylic acids is 1. The Morgan fingerprint density at radius 3 is 2.13 bits per heavy atom. The van der Waals surface area contributed by atoms with Crippen LogP contribution in [0.15, 0.2) is 24.3 Å². The molecule has 0 unspecified atom stereocenters. The van der Waals surface area contributed by atoms with E-state index in [1.54, 1.807) is 0 Å². The molecule has 0 bridgehead atoms. The topological polar surface area (TPSA) is 26.3 Å². The molecule has 0 radical (unpaired) electrons. The highest BCUT2D eigenvalue weighted by Gasteiger charge is 2.17. The third-order valence-corrected chi connectivity index (χ3v) is 1.71. The molecule has 0 spiro atoms. The highest BCUT2D eigenvalue weighted by atomic mass is 19.3. The second kappa shape index (κ2) is 4.87. The van der Waals surface area contributed by atoms with Crippen molar-refractivity contribution in [1.82, 2.24) is 0 Å². The molecule has 1 aromatic rings. The molecule has 0 saturated heterocycles. The molecule has 0 saturated carbocycles. The first-order chi connectivity index (χ1) is 7.00. The quantitative estimate of drug-likeness (QED) is 0.720. The first kappa shape index (κ1) is 11.6. The lowest BCUT2D eigenvalue weighted by Gasteiger charge is -2.09. The van der Waals surface area contributed by atoms with E-state index in [2.05, 4.69) is 0 Å². The van der Waals surface area contributed by atoms with E-state index in [0.29, 0.717) is 5.75 Å². The summed E-state index contributed by atoms with van der Waals surface area (Å²) < 4.78 is 29.4. The Balaban J connectivity index is 2.76. The molecule has 1 rings (SSSR count). The van der Waals surface area contributed by atoms with E-state index in [4.69, 9.17) is 4.74 Å². The smallest absolute Gasteiger partial charge is 0.300 e. The predicted octanol–water partition coefficient (Wildman–Crippen LogP) is 2.92. The monoisotopic (exact) mass is 214 g/mol. The standard InChI is InChI=1S/C11H12F2O2/c1-7(2)15-9-5-3-8(4-6-9)10(14)11(12)13/h3-7,11H,1-2H3. The fraction of sp³-hybridized carbons (Fsp3) is 0.364. The average Bonchev–Trinajstić information content (AvgIpc) is 2.17. The Hall–Kier alpha value is -1.45. The number of alkyl halides is 2. The van der Waals surface area contributed by atoms with E-state index in [9.17, 15) is 13.6 Å². The molecule has 0 amide bonds. The van der Waals surface area contributed by atoms with Crippen LogP contribution >= 0.6 is 0 Å². The molecule has 15 heavy (non-hydrogen) atoms. The van der Waals surface area contributed by atoms with Gasteiger partial charge in [-0.25, -0.2) is 8.78 Å². The Morgan fingerprint density at radius 1 is 1.20 bits per heavy atom. The van der Waals surface area contributed by atoms with Crippen LogP contribution in [0.5, 0.6) is 5.75 Å². The van der Waals surface area contributed by atoms with Crippen LogP contribution in [0.1, 0.15) is 24.2 Å². The van der Waals surface area contributed by atoms with Crippen molar-refractivity contribution in [2.24, 2.45) is 0 Å². The summed E-state index contributed by atoms with van der Waals surface area (Å²) in [7, 11) is 0. The number of hydrogen-bond acceptors (Lipinski definition) is 2. The van der Waals surface area contributed by atoms with Crippen LogP contribution in [-0.4, -0.2) is 18.3 Å². The van der Waals surface area contributed by atoms with Gasteiger partial charge in [0, 0.05) is 5.56 Å². The molecule has 1 aromatic carbocycles. The Bertz CT molecular complexity index is 331. The number of ketones is 1. The van der Waals surface area contributed by atoms with E-state index in [1.807, 2.05) is 13.8 Å². The summed E-state index contributed by atoms with van der Waals surface area (Å²) in [5.41, 5.74) is 0.00102. The molecule has 82 valence electrons. The Labute approximate surface area is 86.9 Å². The van der Waals surface area contributed by atoms with Gasteiger partial charge in [0.1, 0.15) is 5.75 Å². The summed E-state index contributed by atoms with van der Waals surface area (Å²) in [6, 6.07) is 5.70. The number of benzene rings is 1. The SMILES string of the molecule is CC(C)Oc1ccc(C(=O)C(F)F)cc1. The lowest BCUT2D eigenvalue weighted by atomic mass is 10.1. The van der Waals surface area contributed by atoms with Gasteiger partial charge >= 0.3 is 6.43 Å². The van der Waals surface area contributed by atoms with Crippen LogP contribution < -0.4 is 4.74 Å². The zero-order valence-corrected chi connectivity index (χ0v) is 8.54. The fourth-order valence-corrected chi connectivity index (χ4v) is 1.10.